The van der Waals surface area contributed by atoms with Crippen molar-refractivity contribution in [3.8, 4) is 5.75 Å². The van der Waals surface area contributed by atoms with Crippen LogP contribution in [0.3, 0.4) is 0 Å². The first kappa shape index (κ1) is 34.0. The van der Waals surface area contributed by atoms with Crippen LogP contribution in [0.5, 0.6) is 5.75 Å². The van der Waals surface area contributed by atoms with Gasteiger partial charge in [-0.1, -0.05) is 12.1 Å². The van der Waals surface area contributed by atoms with Gasteiger partial charge in [0.2, 0.25) is 16.0 Å². The summed E-state index contributed by atoms with van der Waals surface area (Å²) in [7, 11) is 1.96. The molecular weight excluding hydrogens is 647 g/mol. The average Bonchev–Trinajstić information content (AvgIpc) is 3.54. The van der Waals surface area contributed by atoms with Crippen LogP contribution in [-0.4, -0.2) is 107 Å². The van der Waals surface area contributed by atoms with Crippen molar-refractivity contribution in [2.24, 2.45) is 0 Å². The van der Waals surface area contributed by atoms with Gasteiger partial charge in [-0.3, -0.25) is 9.21 Å². The van der Waals surface area contributed by atoms with Crippen LogP contribution >= 0.6 is 11.3 Å². The number of fused-ring (bicyclic) bond motifs is 1. The minimum Gasteiger partial charge on any atom is -0.494 e. The first-order valence-electron chi connectivity index (χ1n) is 16.5. The number of sulfonamides is 1. The topological polar surface area (TPSA) is 118 Å². The van der Waals surface area contributed by atoms with E-state index in [-0.39, 0.29) is 6.04 Å². The van der Waals surface area contributed by atoms with E-state index < -0.39 is 10.0 Å². The van der Waals surface area contributed by atoms with Crippen LogP contribution in [0.4, 0.5) is 40.2 Å². The number of rotatable bonds is 11. The second-order valence-electron chi connectivity index (χ2n) is 13.0. The van der Waals surface area contributed by atoms with Crippen LogP contribution in [0, 0.1) is 0 Å². The summed E-state index contributed by atoms with van der Waals surface area (Å²) < 4.78 is 32.8. The van der Waals surface area contributed by atoms with E-state index in [1.54, 1.807) is 13.2 Å². The van der Waals surface area contributed by atoms with Gasteiger partial charge in [-0.2, -0.15) is 4.98 Å². The minimum absolute atomic E-state index is 0.229. The molecule has 0 saturated carbocycles. The summed E-state index contributed by atoms with van der Waals surface area (Å²) in [6, 6.07) is 14.3. The standard InChI is InChI=1S/C34H47N9O3S2/c1-23(2)35-27-21-28(31(46-5)22-30(27)43-14-11-24(12-15-43)42-18-16-40(3)17-19-42)38-34-37-26-13-20-47-32(26)33(39-34)36-25-9-7-8-10-29(25)41(4)48(6,44)45/h7-10,13,20-24,35H,11-12,14-19H2,1-6H3,(H2,36,37,38,39). The largest absolute Gasteiger partial charge is 0.494 e. The third-order valence-electron chi connectivity index (χ3n) is 9.17. The van der Waals surface area contributed by atoms with Gasteiger partial charge in [0, 0.05) is 64.5 Å². The number of piperidine rings is 1. The van der Waals surface area contributed by atoms with E-state index in [9.17, 15) is 8.42 Å². The normalized spacial score (nSPS) is 16.8. The number of benzene rings is 2. The molecule has 2 fully saturated rings. The van der Waals surface area contributed by atoms with Gasteiger partial charge < -0.3 is 30.5 Å². The average molecular weight is 694 g/mol. The molecule has 2 saturated heterocycles. The number of piperazine rings is 1. The Morgan fingerprint density at radius 3 is 2.38 bits per heavy atom. The second kappa shape index (κ2) is 14.3. The number of methoxy groups -OCH3 is 1. The van der Waals surface area contributed by atoms with E-state index in [1.807, 2.05) is 29.6 Å². The monoisotopic (exact) mass is 693 g/mol. The summed E-state index contributed by atoms with van der Waals surface area (Å²) in [5.41, 5.74) is 4.81. The lowest BCUT2D eigenvalue weighted by molar-refractivity contribution is 0.0982. The van der Waals surface area contributed by atoms with E-state index in [0.29, 0.717) is 34.9 Å². The highest BCUT2D eigenvalue weighted by molar-refractivity contribution is 7.92. The van der Waals surface area contributed by atoms with Crippen molar-refractivity contribution in [2.45, 2.75) is 38.8 Å². The fraction of sp³-hybridized carbons (Fsp3) is 0.471. The molecule has 0 bridgehead atoms. The number of nitrogens with zero attached hydrogens (tertiary/aromatic N) is 6. The molecule has 4 aromatic rings. The molecule has 0 atom stereocenters. The molecule has 0 aliphatic carbocycles. The van der Waals surface area contributed by atoms with E-state index in [0.717, 1.165) is 79.4 Å². The molecule has 0 spiro atoms. The van der Waals surface area contributed by atoms with Crippen LogP contribution < -0.4 is 29.9 Å². The molecular formula is C34H47N9O3S2. The molecule has 2 aliphatic heterocycles. The molecule has 0 unspecified atom stereocenters. The number of likely N-dealkylation sites (N-methyl/N-ethyl adjacent to an activating group) is 1. The van der Waals surface area contributed by atoms with E-state index >= 15 is 0 Å². The summed E-state index contributed by atoms with van der Waals surface area (Å²) in [5, 5.41) is 12.5. The first-order valence-corrected chi connectivity index (χ1v) is 19.2. The Kier molecular flexibility index (Phi) is 10.2. The van der Waals surface area contributed by atoms with Crippen molar-refractivity contribution in [3.05, 3.63) is 47.8 Å². The maximum Gasteiger partial charge on any atom is 0.232 e. The number of hydrogen-bond donors (Lipinski definition) is 3. The summed E-state index contributed by atoms with van der Waals surface area (Å²) in [6.45, 7) is 10.8. The molecule has 2 aromatic heterocycles. The third-order valence-corrected chi connectivity index (χ3v) is 11.3. The van der Waals surface area contributed by atoms with Gasteiger partial charge in [-0.25, -0.2) is 13.4 Å². The van der Waals surface area contributed by atoms with Crippen LogP contribution in [0.1, 0.15) is 26.7 Å². The molecule has 2 aliphatic rings. The zero-order chi connectivity index (χ0) is 34.0. The van der Waals surface area contributed by atoms with Crippen LogP contribution in [0.15, 0.2) is 47.8 Å². The maximum absolute atomic E-state index is 12.4. The zero-order valence-corrected chi connectivity index (χ0v) is 30.3. The summed E-state index contributed by atoms with van der Waals surface area (Å²) >= 11 is 1.52. The molecule has 14 heteroatoms. The number of hydrogen-bond acceptors (Lipinski definition) is 12. The molecule has 6 rings (SSSR count). The maximum atomic E-state index is 12.4. The van der Waals surface area contributed by atoms with Gasteiger partial charge in [0.15, 0.2) is 5.82 Å². The van der Waals surface area contributed by atoms with Gasteiger partial charge >= 0.3 is 0 Å². The molecule has 258 valence electrons. The predicted molar refractivity (Wildman–Crippen MR) is 200 cm³/mol. The Balaban J connectivity index is 1.28. The molecule has 4 heterocycles. The summed E-state index contributed by atoms with van der Waals surface area (Å²) in [6.07, 6.45) is 3.46. The van der Waals surface area contributed by atoms with Crippen LogP contribution in [0.25, 0.3) is 10.2 Å². The highest BCUT2D eigenvalue weighted by Gasteiger charge is 2.28. The van der Waals surface area contributed by atoms with Crippen molar-refractivity contribution in [1.29, 1.82) is 0 Å². The van der Waals surface area contributed by atoms with Crippen molar-refractivity contribution >= 4 is 71.8 Å². The number of thiophene rings is 1. The lowest BCUT2D eigenvalue weighted by atomic mass is 10.0. The number of anilines is 7. The van der Waals surface area contributed by atoms with Gasteiger partial charge in [-0.05, 0) is 63.4 Å². The van der Waals surface area contributed by atoms with Crippen LogP contribution in [-0.2, 0) is 10.0 Å². The fourth-order valence-corrected chi connectivity index (χ4v) is 7.76. The molecule has 48 heavy (non-hydrogen) atoms. The highest BCUT2D eigenvalue weighted by Crippen LogP contribution is 2.41. The number of nitrogens with one attached hydrogen (secondary N) is 3. The van der Waals surface area contributed by atoms with Crippen molar-refractivity contribution < 1.29 is 13.2 Å². The van der Waals surface area contributed by atoms with E-state index in [4.69, 9.17) is 14.7 Å². The second-order valence-corrected chi connectivity index (χ2v) is 15.9. The van der Waals surface area contributed by atoms with Gasteiger partial charge in [-0.15, -0.1) is 11.3 Å². The molecule has 0 amide bonds. The first-order chi connectivity index (χ1) is 23.0. The molecule has 3 N–H and O–H groups in total. The minimum atomic E-state index is -3.47. The Hall–Kier alpha value is -3.85. The Morgan fingerprint density at radius 2 is 1.69 bits per heavy atom. The number of para-hydroxylation sites is 2. The summed E-state index contributed by atoms with van der Waals surface area (Å²) in [4.78, 5) is 17.3. The summed E-state index contributed by atoms with van der Waals surface area (Å²) in [5.74, 6) is 1.67. The van der Waals surface area contributed by atoms with E-state index in [2.05, 4.69) is 63.7 Å². The Morgan fingerprint density at radius 1 is 0.958 bits per heavy atom. The zero-order valence-electron chi connectivity index (χ0n) is 28.7. The Bertz CT molecular complexity index is 1830. The van der Waals surface area contributed by atoms with Gasteiger partial charge in [0.05, 0.1) is 52.0 Å². The van der Waals surface area contributed by atoms with Gasteiger partial charge in [0.25, 0.3) is 0 Å². The molecule has 0 radical (unpaired) electrons. The molecule has 12 nitrogen and oxygen atoms in total. The predicted octanol–water partition coefficient (Wildman–Crippen LogP) is 5.62. The molecule has 2 aromatic carbocycles. The number of aromatic nitrogens is 2. The highest BCUT2D eigenvalue weighted by atomic mass is 32.2. The third kappa shape index (κ3) is 7.56. The Labute approximate surface area is 288 Å². The quantitative estimate of drug-likeness (QED) is 0.182. The van der Waals surface area contributed by atoms with E-state index in [1.165, 1.54) is 28.9 Å². The fourth-order valence-electron chi connectivity index (χ4n) is 6.47. The number of ether oxygens (including phenoxy) is 1. The van der Waals surface area contributed by atoms with Crippen molar-refractivity contribution in [1.82, 2.24) is 19.8 Å². The van der Waals surface area contributed by atoms with Crippen LogP contribution in [0.2, 0.25) is 0 Å². The smallest absolute Gasteiger partial charge is 0.232 e. The lowest BCUT2D eigenvalue weighted by Gasteiger charge is -2.43. The van der Waals surface area contributed by atoms with Crippen molar-refractivity contribution in [2.75, 3.05) is 91.9 Å². The van der Waals surface area contributed by atoms with Gasteiger partial charge in [0.1, 0.15) is 5.75 Å². The SMILES string of the molecule is COc1cc(N2CCC(N3CCN(C)CC3)CC2)c(NC(C)C)cc1Nc1nc(Nc2ccccc2N(C)S(C)(=O)=O)c2sccc2n1. The lowest BCUT2D eigenvalue weighted by Crippen LogP contribution is -2.52. The van der Waals surface area contributed by atoms with Crippen molar-refractivity contribution in [3.63, 3.8) is 0 Å².